The number of carbonyl (C=O) groups excluding carboxylic acids is 1. The lowest BCUT2D eigenvalue weighted by atomic mass is 10.2. The van der Waals surface area contributed by atoms with E-state index < -0.39 is 18.8 Å². The lowest BCUT2D eigenvalue weighted by Crippen LogP contribution is -2.32. The Balaban J connectivity index is 1.81. The molecule has 2 aromatic rings. The van der Waals surface area contributed by atoms with Crippen molar-refractivity contribution in [1.82, 2.24) is 5.32 Å². The number of anilines is 1. The lowest BCUT2D eigenvalue weighted by molar-refractivity contribution is 0.175. The van der Waals surface area contributed by atoms with E-state index in [1.165, 1.54) is 11.3 Å². The third kappa shape index (κ3) is 5.01. The Hall–Kier alpha value is -2.12. The minimum atomic E-state index is -0.740. The molecule has 0 aliphatic heterocycles. The van der Waals surface area contributed by atoms with Crippen molar-refractivity contribution in [3.63, 3.8) is 0 Å². The third-order valence-corrected chi connectivity index (χ3v) is 3.52. The first kappa shape index (κ1) is 16.3. The number of benzene rings is 1. The van der Waals surface area contributed by atoms with Crippen LogP contribution >= 0.6 is 11.3 Å². The summed E-state index contributed by atoms with van der Waals surface area (Å²) in [5, 5.41) is 18.8. The van der Waals surface area contributed by atoms with Crippen molar-refractivity contribution < 1.29 is 19.0 Å². The highest BCUT2D eigenvalue weighted by atomic mass is 32.1. The molecule has 7 heteroatoms. The molecular formula is C15H17FN2O3S. The number of carbonyl (C=O) groups is 1. The summed E-state index contributed by atoms with van der Waals surface area (Å²) in [6, 6.07) is 8.04. The van der Waals surface area contributed by atoms with Crippen molar-refractivity contribution in [3.05, 3.63) is 46.7 Å². The Kier molecular flexibility index (Phi) is 6.17. The van der Waals surface area contributed by atoms with Crippen LogP contribution in [-0.2, 0) is 0 Å². The summed E-state index contributed by atoms with van der Waals surface area (Å²) in [5.74, 6) is 0.480. The number of rotatable bonds is 7. The monoisotopic (exact) mass is 324 g/mol. The molecule has 0 saturated heterocycles. The maximum atomic E-state index is 12.1. The Morgan fingerprint density at radius 3 is 3.00 bits per heavy atom. The summed E-state index contributed by atoms with van der Waals surface area (Å²) in [4.78, 5) is 11.8. The van der Waals surface area contributed by atoms with E-state index in [1.54, 1.807) is 30.3 Å². The quantitative estimate of drug-likeness (QED) is 0.733. The summed E-state index contributed by atoms with van der Waals surface area (Å²) in [6.45, 7) is -0.484. The first-order chi connectivity index (χ1) is 10.7. The molecule has 5 nitrogen and oxygen atoms in total. The number of halogens is 1. The van der Waals surface area contributed by atoms with Crippen molar-refractivity contribution in [2.24, 2.45) is 0 Å². The fraction of sp³-hybridized carbons (Fsp3) is 0.267. The zero-order chi connectivity index (χ0) is 15.8. The molecule has 2 rings (SSSR count). The molecule has 3 N–H and O–H groups in total. The molecule has 0 radical (unpaired) electrons. The molecule has 1 aromatic carbocycles. The van der Waals surface area contributed by atoms with Crippen LogP contribution in [-0.4, -0.2) is 31.0 Å². The molecule has 1 unspecified atom stereocenters. The summed E-state index contributed by atoms with van der Waals surface area (Å²) in [7, 11) is 0. The smallest absolute Gasteiger partial charge is 0.319 e. The van der Waals surface area contributed by atoms with Gasteiger partial charge in [0.1, 0.15) is 19.0 Å². The van der Waals surface area contributed by atoms with Crippen molar-refractivity contribution in [1.29, 1.82) is 0 Å². The number of ether oxygens (including phenoxy) is 1. The van der Waals surface area contributed by atoms with Crippen LogP contribution in [0.4, 0.5) is 14.9 Å². The van der Waals surface area contributed by atoms with Crippen LogP contribution in [0.1, 0.15) is 11.7 Å². The van der Waals surface area contributed by atoms with E-state index in [1.807, 2.05) is 10.8 Å². The normalized spacial score (nSPS) is 11.7. The Labute approximate surface area is 131 Å². The van der Waals surface area contributed by atoms with Crippen molar-refractivity contribution in [2.45, 2.75) is 6.10 Å². The summed E-state index contributed by atoms with van der Waals surface area (Å²) in [5.41, 5.74) is 1.30. The van der Waals surface area contributed by atoms with E-state index in [4.69, 9.17) is 4.74 Å². The van der Waals surface area contributed by atoms with Gasteiger partial charge in [0.2, 0.25) is 0 Å². The zero-order valence-electron chi connectivity index (χ0n) is 11.8. The first-order valence-corrected chi connectivity index (χ1v) is 7.67. The molecule has 22 heavy (non-hydrogen) atoms. The van der Waals surface area contributed by atoms with Gasteiger partial charge in [0, 0.05) is 18.3 Å². The summed E-state index contributed by atoms with van der Waals surface area (Å²) < 4.78 is 17.2. The third-order valence-electron chi connectivity index (χ3n) is 2.82. The number of aliphatic hydroxyl groups is 1. The largest absolute Gasteiger partial charge is 0.491 e. The maximum absolute atomic E-state index is 12.1. The van der Waals surface area contributed by atoms with Crippen LogP contribution in [0.15, 0.2) is 41.1 Å². The van der Waals surface area contributed by atoms with E-state index in [2.05, 4.69) is 10.6 Å². The number of nitrogens with one attached hydrogen (secondary N) is 2. The van der Waals surface area contributed by atoms with E-state index >= 15 is 0 Å². The van der Waals surface area contributed by atoms with Gasteiger partial charge in [-0.2, -0.15) is 11.3 Å². The molecule has 0 saturated carbocycles. The van der Waals surface area contributed by atoms with Gasteiger partial charge in [-0.15, -0.1) is 0 Å². The molecule has 0 aliphatic carbocycles. The molecule has 2 amide bonds. The van der Waals surface area contributed by atoms with Gasteiger partial charge in [-0.1, -0.05) is 6.07 Å². The first-order valence-electron chi connectivity index (χ1n) is 6.73. The van der Waals surface area contributed by atoms with Crippen LogP contribution < -0.4 is 15.4 Å². The van der Waals surface area contributed by atoms with E-state index in [0.29, 0.717) is 11.4 Å². The molecule has 0 aliphatic rings. The standard InChI is InChI=1S/C15H17FN2O3S/c16-5-6-21-13-3-1-2-12(8-13)18-15(20)17-9-14(19)11-4-7-22-10-11/h1-4,7-8,10,14,19H,5-6,9H2,(H2,17,18,20). The Morgan fingerprint density at radius 1 is 1.41 bits per heavy atom. The minimum Gasteiger partial charge on any atom is -0.491 e. The second-order valence-electron chi connectivity index (χ2n) is 4.47. The maximum Gasteiger partial charge on any atom is 0.319 e. The molecule has 0 bridgehead atoms. The van der Waals surface area contributed by atoms with Crippen LogP contribution in [0.3, 0.4) is 0 Å². The van der Waals surface area contributed by atoms with E-state index in [0.717, 1.165) is 5.56 Å². The SMILES string of the molecule is O=C(NCC(O)c1ccsc1)Nc1cccc(OCCF)c1. The molecular weight excluding hydrogens is 307 g/mol. The molecule has 118 valence electrons. The molecule has 0 fully saturated rings. The fourth-order valence-corrected chi connectivity index (χ4v) is 2.47. The van der Waals surface area contributed by atoms with Gasteiger partial charge in [-0.05, 0) is 34.5 Å². The number of amides is 2. The molecule has 1 aromatic heterocycles. The van der Waals surface area contributed by atoms with Crippen molar-refractivity contribution >= 4 is 23.1 Å². The summed E-state index contributed by atoms with van der Waals surface area (Å²) in [6.07, 6.45) is -0.740. The van der Waals surface area contributed by atoms with Crippen LogP contribution in [0, 0.1) is 0 Å². The lowest BCUT2D eigenvalue weighted by Gasteiger charge is -2.12. The van der Waals surface area contributed by atoms with Crippen LogP contribution in [0.2, 0.25) is 0 Å². The van der Waals surface area contributed by atoms with Crippen LogP contribution in [0.25, 0.3) is 0 Å². The number of alkyl halides is 1. The average Bonchev–Trinajstić information content (AvgIpc) is 3.05. The van der Waals surface area contributed by atoms with Gasteiger partial charge in [-0.25, -0.2) is 9.18 Å². The van der Waals surface area contributed by atoms with Gasteiger partial charge in [0.25, 0.3) is 0 Å². The highest BCUT2D eigenvalue weighted by molar-refractivity contribution is 7.07. The highest BCUT2D eigenvalue weighted by Gasteiger charge is 2.10. The number of aliphatic hydroxyl groups excluding tert-OH is 1. The summed E-state index contributed by atoms with van der Waals surface area (Å²) >= 11 is 1.48. The number of thiophene rings is 1. The number of urea groups is 1. The number of hydrogen-bond acceptors (Lipinski definition) is 4. The molecule has 1 heterocycles. The highest BCUT2D eigenvalue weighted by Crippen LogP contribution is 2.18. The number of hydrogen-bond donors (Lipinski definition) is 3. The predicted molar refractivity (Wildman–Crippen MR) is 84.2 cm³/mol. The van der Waals surface area contributed by atoms with Gasteiger partial charge in [0.05, 0.1) is 6.10 Å². The predicted octanol–water partition coefficient (Wildman–Crippen LogP) is 2.95. The van der Waals surface area contributed by atoms with Crippen molar-refractivity contribution in [3.8, 4) is 5.75 Å². The van der Waals surface area contributed by atoms with E-state index in [-0.39, 0.29) is 13.2 Å². The Morgan fingerprint density at radius 2 is 2.27 bits per heavy atom. The van der Waals surface area contributed by atoms with Crippen LogP contribution in [0.5, 0.6) is 5.75 Å². The minimum absolute atomic E-state index is 0.0253. The van der Waals surface area contributed by atoms with Crippen molar-refractivity contribution in [2.75, 3.05) is 25.1 Å². The zero-order valence-corrected chi connectivity index (χ0v) is 12.6. The van der Waals surface area contributed by atoms with Gasteiger partial charge < -0.3 is 20.5 Å². The van der Waals surface area contributed by atoms with Gasteiger partial charge in [0.15, 0.2) is 0 Å². The van der Waals surface area contributed by atoms with Gasteiger partial charge in [-0.3, -0.25) is 0 Å². The topological polar surface area (TPSA) is 70.6 Å². The second kappa shape index (κ2) is 8.35. The molecule has 1 atom stereocenters. The molecule has 0 spiro atoms. The Bertz CT molecular complexity index is 592. The fourth-order valence-electron chi connectivity index (χ4n) is 1.77. The average molecular weight is 324 g/mol. The van der Waals surface area contributed by atoms with E-state index in [9.17, 15) is 14.3 Å². The second-order valence-corrected chi connectivity index (χ2v) is 5.25. The van der Waals surface area contributed by atoms with Gasteiger partial charge >= 0.3 is 6.03 Å².